The van der Waals surface area contributed by atoms with Gasteiger partial charge < -0.3 is 0 Å². The number of carbonyl (C=O) groups is 1. The molecule has 0 radical (unpaired) electrons. The maximum atomic E-state index is 11.6. The van der Waals surface area contributed by atoms with Gasteiger partial charge >= 0.3 is 0 Å². The summed E-state index contributed by atoms with van der Waals surface area (Å²) in [7, 11) is 0. The first kappa shape index (κ1) is 10.9. The van der Waals surface area contributed by atoms with Gasteiger partial charge in [-0.1, -0.05) is 0 Å². The van der Waals surface area contributed by atoms with Gasteiger partial charge in [0, 0.05) is 37.1 Å². The summed E-state index contributed by atoms with van der Waals surface area (Å²) < 4.78 is 0. The maximum absolute atomic E-state index is 11.6. The van der Waals surface area contributed by atoms with Crippen LogP contribution in [0.25, 0.3) is 11.1 Å². The van der Waals surface area contributed by atoms with Gasteiger partial charge in [-0.25, -0.2) is 4.98 Å². The molecule has 0 atom stereocenters. The molecule has 0 spiro atoms. The van der Waals surface area contributed by atoms with Gasteiger partial charge in [-0.2, -0.15) is 0 Å². The molecule has 0 aromatic carbocycles. The molecule has 4 heteroatoms. The van der Waals surface area contributed by atoms with Crippen LogP contribution in [-0.4, -0.2) is 22.4 Å². The lowest BCUT2D eigenvalue weighted by atomic mass is 10.1. The Morgan fingerprint density at radius 3 is 2.50 bits per heavy atom. The van der Waals surface area contributed by atoms with Crippen LogP contribution in [-0.2, 0) is 4.79 Å². The number of anilines is 1. The smallest absolute Gasteiger partial charge is 0.228 e. The van der Waals surface area contributed by atoms with Gasteiger partial charge in [-0.3, -0.25) is 14.7 Å². The average molecular weight is 239 g/mol. The standard InChI is InChI=1S/C14H13N3O/c18-14-2-1-9-17(14)13-4-3-12(10-16-13)11-5-7-15-8-6-11/h3-8,10H,1-2,9H2. The second-order valence-corrected chi connectivity index (χ2v) is 4.29. The summed E-state index contributed by atoms with van der Waals surface area (Å²) in [6.45, 7) is 0.778. The van der Waals surface area contributed by atoms with Crippen molar-refractivity contribution in [3.8, 4) is 11.1 Å². The Morgan fingerprint density at radius 1 is 1.06 bits per heavy atom. The van der Waals surface area contributed by atoms with Crippen molar-refractivity contribution >= 4 is 11.7 Å². The predicted octanol–water partition coefficient (Wildman–Crippen LogP) is 2.27. The predicted molar refractivity (Wildman–Crippen MR) is 69.1 cm³/mol. The number of pyridine rings is 2. The molecular formula is C14H13N3O. The number of hydrogen-bond donors (Lipinski definition) is 0. The Balaban J connectivity index is 1.87. The van der Waals surface area contributed by atoms with E-state index in [-0.39, 0.29) is 5.91 Å². The fourth-order valence-corrected chi connectivity index (χ4v) is 2.15. The quantitative estimate of drug-likeness (QED) is 0.807. The van der Waals surface area contributed by atoms with Gasteiger partial charge in [0.15, 0.2) is 0 Å². The molecule has 0 aliphatic carbocycles. The van der Waals surface area contributed by atoms with Crippen LogP contribution in [0.1, 0.15) is 12.8 Å². The van der Waals surface area contributed by atoms with E-state index in [0.717, 1.165) is 29.9 Å². The molecule has 3 rings (SSSR count). The van der Waals surface area contributed by atoms with E-state index < -0.39 is 0 Å². The van der Waals surface area contributed by atoms with Gasteiger partial charge in [-0.05, 0) is 36.2 Å². The monoisotopic (exact) mass is 239 g/mol. The van der Waals surface area contributed by atoms with Gasteiger partial charge in [0.25, 0.3) is 0 Å². The first-order valence-corrected chi connectivity index (χ1v) is 6.01. The van der Waals surface area contributed by atoms with Crippen LogP contribution in [0.4, 0.5) is 5.82 Å². The topological polar surface area (TPSA) is 46.1 Å². The molecule has 2 aromatic rings. The van der Waals surface area contributed by atoms with Crippen molar-refractivity contribution in [3.05, 3.63) is 42.9 Å². The van der Waals surface area contributed by atoms with Gasteiger partial charge in [0.05, 0.1) is 0 Å². The summed E-state index contributed by atoms with van der Waals surface area (Å²) in [6, 6.07) is 7.78. The minimum atomic E-state index is 0.166. The highest BCUT2D eigenvalue weighted by atomic mass is 16.2. The summed E-state index contributed by atoms with van der Waals surface area (Å²) in [4.78, 5) is 21.7. The molecule has 0 N–H and O–H groups in total. The minimum Gasteiger partial charge on any atom is -0.297 e. The van der Waals surface area contributed by atoms with Crippen molar-refractivity contribution in [1.82, 2.24) is 9.97 Å². The number of amides is 1. The van der Waals surface area contributed by atoms with Crippen LogP contribution in [0.15, 0.2) is 42.9 Å². The molecular weight excluding hydrogens is 226 g/mol. The molecule has 1 fully saturated rings. The first-order valence-electron chi connectivity index (χ1n) is 6.01. The summed E-state index contributed by atoms with van der Waals surface area (Å²) in [6.07, 6.45) is 6.87. The Kier molecular flexibility index (Phi) is 2.76. The number of rotatable bonds is 2. The maximum Gasteiger partial charge on any atom is 0.228 e. The normalized spacial score (nSPS) is 15.1. The first-order chi connectivity index (χ1) is 8.84. The highest BCUT2D eigenvalue weighted by Gasteiger charge is 2.22. The lowest BCUT2D eigenvalue weighted by molar-refractivity contribution is -0.117. The van der Waals surface area contributed by atoms with Gasteiger partial charge in [-0.15, -0.1) is 0 Å². The molecule has 1 aliphatic heterocycles. The van der Waals surface area contributed by atoms with E-state index in [1.165, 1.54) is 0 Å². The molecule has 0 saturated carbocycles. The minimum absolute atomic E-state index is 0.166. The van der Waals surface area contributed by atoms with Crippen LogP contribution in [0.5, 0.6) is 0 Å². The Hall–Kier alpha value is -2.23. The second-order valence-electron chi connectivity index (χ2n) is 4.29. The van der Waals surface area contributed by atoms with Crippen molar-refractivity contribution in [2.45, 2.75) is 12.8 Å². The number of carbonyl (C=O) groups excluding carboxylic acids is 1. The summed E-state index contributed by atoms with van der Waals surface area (Å²) >= 11 is 0. The van der Waals surface area contributed by atoms with Crippen molar-refractivity contribution in [1.29, 1.82) is 0 Å². The summed E-state index contributed by atoms with van der Waals surface area (Å²) in [5.41, 5.74) is 2.12. The van der Waals surface area contributed by atoms with Gasteiger partial charge in [0.2, 0.25) is 5.91 Å². The zero-order valence-corrected chi connectivity index (χ0v) is 9.91. The van der Waals surface area contributed by atoms with Crippen LogP contribution < -0.4 is 4.90 Å². The van der Waals surface area contributed by atoms with Crippen molar-refractivity contribution in [3.63, 3.8) is 0 Å². The van der Waals surface area contributed by atoms with E-state index in [1.54, 1.807) is 23.5 Å². The van der Waals surface area contributed by atoms with Crippen LogP contribution in [0, 0.1) is 0 Å². The average Bonchev–Trinajstić information content (AvgIpc) is 2.86. The molecule has 2 aromatic heterocycles. The zero-order chi connectivity index (χ0) is 12.4. The SMILES string of the molecule is O=C1CCCN1c1ccc(-c2ccncc2)cn1. The molecule has 90 valence electrons. The third-order valence-corrected chi connectivity index (χ3v) is 3.11. The van der Waals surface area contributed by atoms with Crippen LogP contribution in [0.2, 0.25) is 0 Å². The van der Waals surface area contributed by atoms with Crippen LogP contribution >= 0.6 is 0 Å². The highest BCUT2D eigenvalue weighted by molar-refractivity contribution is 5.94. The van der Waals surface area contributed by atoms with E-state index in [2.05, 4.69) is 9.97 Å². The van der Waals surface area contributed by atoms with Crippen molar-refractivity contribution < 1.29 is 4.79 Å². The lowest BCUT2D eigenvalue weighted by Crippen LogP contribution is -2.24. The Bertz CT molecular complexity index is 551. The lowest BCUT2D eigenvalue weighted by Gasteiger charge is -2.14. The number of nitrogens with zero attached hydrogens (tertiary/aromatic N) is 3. The Labute approximate surface area is 105 Å². The molecule has 1 amide bonds. The zero-order valence-electron chi connectivity index (χ0n) is 9.91. The number of hydrogen-bond acceptors (Lipinski definition) is 3. The van der Waals surface area contributed by atoms with Crippen LogP contribution in [0.3, 0.4) is 0 Å². The number of aromatic nitrogens is 2. The highest BCUT2D eigenvalue weighted by Crippen LogP contribution is 2.22. The largest absolute Gasteiger partial charge is 0.297 e. The third-order valence-electron chi connectivity index (χ3n) is 3.11. The second kappa shape index (κ2) is 4.56. The molecule has 3 heterocycles. The Morgan fingerprint density at radius 2 is 1.89 bits per heavy atom. The van der Waals surface area contributed by atoms with E-state index in [0.29, 0.717) is 6.42 Å². The van der Waals surface area contributed by atoms with Gasteiger partial charge in [0.1, 0.15) is 5.82 Å². The molecule has 1 aliphatic rings. The van der Waals surface area contributed by atoms with E-state index >= 15 is 0 Å². The summed E-state index contributed by atoms with van der Waals surface area (Å²) in [5, 5.41) is 0. The fraction of sp³-hybridized carbons (Fsp3) is 0.214. The molecule has 4 nitrogen and oxygen atoms in total. The van der Waals surface area contributed by atoms with E-state index in [4.69, 9.17) is 0 Å². The van der Waals surface area contributed by atoms with Crippen molar-refractivity contribution in [2.24, 2.45) is 0 Å². The molecule has 18 heavy (non-hydrogen) atoms. The fourth-order valence-electron chi connectivity index (χ4n) is 2.15. The molecule has 1 saturated heterocycles. The van der Waals surface area contributed by atoms with Crippen molar-refractivity contribution in [2.75, 3.05) is 11.4 Å². The molecule has 0 unspecified atom stereocenters. The van der Waals surface area contributed by atoms with E-state index in [1.807, 2.05) is 24.3 Å². The molecule has 0 bridgehead atoms. The summed E-state index contributed by atoms with van der Waals surface area (Å²) in [5.74, 6) is 0.912. The van der Waals surface area contributed by atoms with E-state index in [9.17, 15) is 4.79 Å². The third kappa shape index (κ3) is 1.97.